The van der Waals surface area contributed by atoms with E-state index in [1.54, 1.807) is 0 Å². The SMILES string of the molecule is CC1CCCCC1N=Cc1cc(-c2ccccc2)cc(C(C)(c2ccccc2)c2ccccc2)c1O.[Cl][Zr][Cl]. The molecule has 1 aliphatic carbocycles. The molecule has 5 rings (SSSR count). The summed E-state index contributed by atoms with van der Waals surface area (Å²) >= 11 is -0.826. The van der Waals surface area contributed by atoms with Gasteiger partial charge in [0.15, 0.2) is 0 Å². The summed E-state index contributed by atoms with van der Waals surface area (Å²) in [7, 11) is 9.87. The van der Waals surface area contributed by atoms with Gasteiger partial charge in [-0.15, -0.1) is 0 Å². The van der Waals surface area contributed by atoms with Gasteiger partial charge in [0.2, 0.25) is 0 Å². The van der Waals surface area contributed by atoms with Crippen LogP contribution in [0.25, 0.3) is 11.1 Å². The molecule has 5 heteroatoms. The molecule has 4 aromatic carbocycles. The van der Waals surface area contributed by atoms with Gasteiger partial charge >= 0.3 is 37.9 Å². The van der Waals surface area contributed by atoms with Crippen molar-refractivity contribution in [2.75, 3.05) is 0 Å². The molecule has 4 aromatic rings. The van der Waals surface area contributed by atoms with Crippen LogP contribution in [-0.4, -0.2) is 17.4 Å². The van der Waals surface area contributed by atoms with Gasteiger partial charge in [0.25, 0.3) is 0 Å². The molecule has 1 fully saturated rings. The van der Waals surface area contributed by atoms with Crippen molar-refractivity contribution >= 4 is 23.2 Å². The van der Waals surface area contributed by atoms with Crippen molar-refractivity contribution in [1.29, 1.82) is 0 Å². The maximum atomic E-state index is 11.8. The molecule has 0 aromatic heterocycles. The van der Waals surface area contributed by atoms with Gasteiger partial charge in [-0.25, -0.2) is 0 Å². The summed E-state index contributed by atoms with van der Waals surface area (Å²) in [4.78, 5) is 5.01. The van der Waals surface area contributed by atoms with Crippen molar-refractivity contribution in [3.63, 3.8) is 0 Å². The minimum atomic E-state index is -0.826. The Morgan fingerprint density at radius 3 is 1.85 bits per heavy atom. The molecule has 0 amide bonds. The maximum absolute atomic E-state index is 11.8. The Kier molecular flexibility index (Phi) is 11.0. The Labute approximate surface area is 251 Å². The van der Waals surface area contributed by atoms with Gasteiger partial charge in [-0.05, 0) is 60.1 Å². The second kappa shape index (κ2) is 14.4. The van der Waals surface area contributed by atoms with Gasteiger partial charge in [0.1, 0.15) is 5.75 Å². The van der Waals surface area contributed by atoms with Crippen LogP contribution in [0.1, 0.15) is 61.8 Å². The van der Waals surface area contributed by atoms with Crippen LogP contribution < -0.4 is 0 Å². The second-order valence-corrected chi connectivity index (χ2v) is 14.1. The summed E-state index contributed by atoms with van der Waals surface area (Å²) in [6.07, 6.45) is 6.79. The van der Waals surface area contributed by atoms with Gasteiger partial charge in [-0.2, -0.15) is 0 Å². The summed E-state index contributed by atoms with van der Waals surface area (Å²) in [6.45, 7) is 4.51. The van der Waals surface area contributed by atoms with E-state index in [0.29, 0.717) is 17.7 Å². The van der Waals surface area contributed by atoms with Crippen LogP contribution in [0.3, 0.4) is 0 Å². The van der Waals surface area contributed by atoms with Crippen molar-refractivity contribution < 1.29 is 26.0 Å². The predicted octanol–water partition coefficient (Wildman–Crippen LogP) is 9.79. The standard InChI is InChI=1S/C34H35NO.2ClH.Zr/c1-25-14-12-13-21-32(25)35-24-28-22-27(26-15-6-3-7-16-26)23-31(33(28)36)34(2,29-17-8-4-9-18-29)30-19-10-5-11-20-30;;;/h3-11,15-20,22-25,32,36H,12-14,21H2,1-2H3;2*1H;/q;;;+2/p-2. The van der Waals surface area contributed by atoms with E-state index in [1.807, 2.05) is 24.4 Å². The molecule has 39 heavy (non-hydrogen) atoms. The van der Waals surface area contributed by atoms with Gasteiger partial charge in [-0.1, -0.05) is 111 Å². The van der Waals surface area contributed by atoms with Crippen LogP contribution in [0.2, 0.25) is 0 Å². The van der Waals surface area contributed by atoms with Crippen molar-refractivity contribution in [2.24, 2.45) is 10.9 Å². The summed E-state index contributed by atoms with van der Waals surface area (Å²) in [6, 6.07) is 35.9. The van der Waals surface area contributed by atoms with Crippen LogP contribution in [0.5, 0.6) is 5.75 Å². The van der Waals surface area contributed by atoms with Gasteiger partial charge < -0.3 is 5.11 Å². The Hall–Kier alpha value is -2.19. The summed E-state index contributed by atoms with van der Waals surface area (Å²) in [5, 5.41) is 11.8. The van der Waals surface area contributed by atoms with E-state index in [4.69, 9.17) is 22.0 Å². The van der Waals surface area contributed by atoms with Crippen molar-refractivity contribution in [3.8, 4) is 16.9 Å². The topological polar surface area (TPSA) is 32.6 Å². The fraction of sp³-hybridized carbons (Fsp3) is 0.265. The first-order valence-corrected chi connectivity index (χ1v) is 19.9. The van der Waals surface area contributed by atoms with Crippen molar-refractivity contribution in [2.45, 2.75) is 51.0 Å². The van der Waals surface area contributed by atoms with Crippen LogP contribution in [0.4, 0.5) is 0 Å². The predicted molar refractivity (Wildman–Crippen MR) is 163 cm³/mol. The monoisotopic (exact) mass is 633 g/mol. The van der Waals surface area contributed by atoms with Crippen molar-refractivity contribution in [3.05, 3.63) is 125 Å². The zero-order chi connectivity index (χ0) is 27.7. The Morgan fingerprint density at radius 2 is 1.31 bits per heavy atom. The molecule has 2 atom stereocenters. The second-order valence-electron chi connectivity index (χ2n) is 10.4. The molecule has 1 saturated carbocycles. The Bertz CT molecular complexity index is 1310. The summed E-state index contributed by atoms with van der Waals surface area (Å²) in [5.41, 5.74) is 5.61. The van der Waals surface area contributed by atoms with E-state index in [2.05, 4.69) is 98.8 Å². The van der Waals surface area contributed by atoms with Gasteiger partial charge in [0.05, 0.1) is 6.04 Å². The van der Waals surface area contributed by atoms with Gasteiger partial charge in [-0.3, -0.25) is 4.99 Å². The van der Waals surface area contributed by atoms with E-state index in [0.717, 1.165) is 39.8 Å². The molecule has 1 N–H and O–H groups in total. The van der Waals surface area contributed by atoms with Crippen LogP contribution in [0.15, 0.2) is 108 Å². The third kappa shape index (κ3) is 7.12. The number of phenols is 1. The zero-order valence-corrected chi connectivity index (χ0v) is 26.5. The number of nitrogens with zero attached hydrogens (tertiary/aromatic N) is 1. The molecule has 0 heterocycles. The molecule has 1 aliphatic rings. The zero-order valence-electron chi connectivity index (χ0n) is 22.5. The number of hydrogen-bond acceptors (Lipinski definition) is 2. The molecule has 0 spiro atoms. The van der Waals surface area contributed by atoms with E-state index in [-0.39, 0.29) is 0 Å². The number of phenolic OH excluding ortho intramolecular Hbond substituents is 1. The molecular weight excluding hydrogens is 601 g/mol. The molecule has 2 nitrogen and oxygen atoms in total. The number of aromatic hydroxyl groups is 1. The van der Waals surface area contributed by atoms with E-state index in [1.165, 1.54) is 19.3 Å². The van der Waals surface area contributed by atoms with E-state index in [9.17, 15) is 5.11 Å². The number of halogens is 2. The van der Waals surface area contributed by atoms with E-state index < -0.39 is 26.3 Å². The third-order valence-corrected chi connectivity index (χ3v) is 7.96. The fourth-order valence-corrected chi connectivity index (χ4v) is 5.65. The molecule has 0 bridgehead atoms. The Morgan fingerprint density at radius 1 is 0.795 bits per heavy atom. The minimum absolute atomic E-state index is 0.303. The number of aliphatic imine (C=N–C) groups is 1. The normalized spacial score (nSPS) is 17.3. The average molecular weight is 636 g/mol. The molecule has 0 aliphatic heterocycles. The van der Waals surface area contributed by atoms with E-state index >= 15 is 0 Å². The fourth-order valence-electron chi connectivity index (χ4n) is 5.65. The molecule has 0 saturated heterocycles. The van der Waals surface area contributed by atoms with Crippen LogP contribution in [0, 0.1) is 5.92 Å². The quantitative estimate of drug-likeness (QED) is 0.166. The molecular formula is C34H35Cl2NOZr. The van der Waals surface area contributed by atoms with Crippen molar-refractivity contribution in [1.82, 2.24) is 0 Å². The first-order chi connectivity index (χ1) is 19.0. The van der Waals surface area contributed by atoms with Crippen LogP contribution in [-0.2, 0) is 26.3 Å². The molecule has 0 radical (unpaired) electrons. The first-order valence-electron chi connectivity index (χ1n) is 13.5. The summed E-state index contributed by atoms with van der Waals surface area (Å²) < 4.78 is 0. The number of hydrogen-bond donors (Lipinski definition) is 1. The average Bonchev–Trinajstić information content (AvgIpc) is 2.99. The number of benzene rings is 4. The third-order valence-electron chi connectivity index (χ3n) is 7.96. The molecule has 2 unspecified atom stereocenters. The first kappa shape index (κ1) is 29.8. The van der Waals surface area contributed by atoms with Crippen LogP contribution >= 0.6 is 17.0 Å². The Balaban J connectivity index is 0.00000112. The summed E-state index contributed by atoms with van der Waals surface area (Å²) in [5.74, 6) is 0.880. The number of rotatable bonds is 6. The van der Waals surface area contributed by atoms with Gasteiger partial charge in [0, 0.05) is 22.8 Å². The molecule has 200 valence electrons.